The van der Waals surface area contributed by atoms with E-state index in [-0.39, 0.29) is 5.69 Å². The van der Waals surface area contributed by atoms with Crippen molar-refractivity contribution >= 4 is 11.5 Å². The predicted molar refractivity (Wildman–Crippen MR) is 83.7 cm³/mol. The molecule has 2 rings (SSSR count). The van der Waals surface area contributed by atoms with Crippen molar-refractivity contribution in [2.24, 2.45) is 5.92 Å². The molecule has 6 nitrogen and oxygen atoms in total. The Kier molecular flexibility index (Phi) is 5.12. The molecule has 0 radical (unpaired) electrons. The Labute approximate surface area is 125 Å². The Morgan fingerprint density at radius 1 is 1.57 bits per heavy atom. The molecule has 0 amide bonds. The molecule has 0 aliphatic carbocycles. The van der Waals surface area contributed by atoms with E-state index in [0.717, 1.165) is 31.0 Å². The summed E-state index contributed by atoms with van der Waals surface area (Å²) < 4.78 is 0. The fourth-order valence-corrected chi connectivity index (χ4v) is 2.85. The zero-order valence-corrected chi connectivity index (χ0v) is 13.0. The minimum atomic E-state index is -0.394. The van der Waals surface area contributed by atoms with Gasteiger partial charge in [0.2, 0.25) is 0 Å². The Morgan fingerprint density at radius 2 is 2.33 bits per heavy atom. The molecule has 2 heterocycles. The SMILES string of the molecule is Cc1cc([N+](=O)[O-])cnc1N(CC(C)C)CC1CCCN1. The van der Waals surface area contributed by atoms with Gasteiger partial charge in [-0.3, -0.25) is 10.1 Å². The maximum atomic E-state index is 10.8. The first-order valence-electron chi connectivity index (χ1n) is 7.56. The first-order valence-corrected chi connectivity index (χ1v) is 7.56. The van der Waals surface area contributed by atoms with Gasteiger partial charge in [0.15, 0.2) is 0 Å². The van der Waals surface area contributed by atoms with E-state index in [1.807, 2.05) is 6.92 Å². The van der Waals surface area contributed by atoms with Gasteiger partial charge in [0.25, 0.3) is 5.69 Å². The van der Waals surface area contributed by atoms with E-state index in [4.69, 9.17) is 0 Å². The van der Waals surface area contributed by atoms with Crippen molar-refractivity contribution in [3.8, 4) is 0 Å². The van der Waals surface area contributed by atoms with Gasteiger partial charge in [-0.1, -0.05) is 13.8 Å². The van der Waals surface area contributed by atoms with Gasteiger partial charge >= 0.3 is 0 Å². The highest BCUT2D eigenvalue weighted by atomic mass is 16.6. The maximum absolute atomic E-state index is 10.8. The number of aryl methyl sites for hydroxylation is 1. The molecule has 1 unspecified atom stereocenters. The molecular formula is C15H24N4O2. The van der Waals surface area contributed by atoms with Crippen molar-refractivity contribution in [1.29, 1.82) is 0 Å². The third kappa shape index (κ3) is 4.14. The molecule has 116 valence electrons. The van der Waals surface area contributed by atoms with Gasteiger partial charge in [0, 0.05) is 25.2 Å². The van der Waals surface area contributed by atoms with Crippen LogP contribution in [0.25, 0.3) is 0 Å². The summed E-state index contributed by atoms with van der Waals surface area (Å²) in [5.74, 6) is 1.38. The summed E-state index contributed by atoms with van der Waals surface area (Å²) in [4.78, 5) is 17.0. The van der Waals surface area contributed by atoms with E-state index in [0.29, 0.717) is 12.0 Å². The summed E-state index contributed by atoms with van der Waals surface area (Å²) >= 11 is 0. The lowest BCUT2D eigenvalue weighted by atomic mass is 10.1. The van der Waals surface area contributed by atoms with Gasteiger partial charge in [-0.15, -0.1) is 0 Å². The van der Waals surface area contributed by atoms with Gasteiger partial charge in [-0.2, -0.15) is 0 Å². The lowest BCUT2D eigenvalue weighted by molar-refractivity contribution is -0.385. The minimum absolute atomic E-state index is 0.0553. The van der Waals surface area contributed by atoms with Crippen LogP contribution in [0.1, 0.15) is 32.3 Å². The number of nitrogens with zero attached hydrogens (tertiary/aromatic N) is 3. The number of rotatable bonds is 6. The molecule has 21 heavy (non-hydrogen) atoms. The van der Waals surface area contributed by atoms with Crippen LogP contribution in [0.5, 0.6) is 0 Å². The highest BCUT2D eigenvalue weighted by molar-refractivity contribution is 5.50. The minimum Gasteiger partial charge on any atom is -0.355 e. The van der Waals surface area contributed by atoms with Crippen LogP contribution in [0, 0.1) is 23.0 Å². The van der Waals surface area contributed by atoms with E-state index in [1.165, 1.54) is 19.0 Å². The summed E-state index contributed by atoms with van der Waals surface area (Å²) in [7, 11) is 0. The monoisotopic (exact) mass is 292 g/mol. The van der Waals surface area contributed by atoms with Crippen molar-refractivity contribution < 1.29 is 4.92 Å². The Balaban J connectivity index is 2.20. The van der Waals surface area contributed by atoms with Crippen molar-refractivity contribution in [2.75, 3.05) is 24.5 Å². The molecule has 1 aromatic rings. The van der Waals surface area contributed by atoms with E-state index in [2.05, 4.69) is 29.0 Å². The lowest BCUT2D eigenvalue weighted by Crippen LogP contribution is -2.40. The van der Waals surface area contributed by atoms with Crippen molar-refractivity contribution in [2.45, 2.75) is 39.7 Å². The number of nitrogens with one attached hydrogen (secondary N) is 1. The Morgan fingerprint density at radius 3 is 2.86 bits per heavy atom. The largest absolute Gasteiger partial charge is 0.355 e. The highest BCUT2D eigenvalue weighted by Crippen LogP contribution is 2.23. The number of hydrogen-bond acceptors (Lipinski definition) is 5. The van der Waals surface area contributed by atoms with Crippen LogP contribution >= 0.6 is 0 Å². The molecule has 0 spiro atoms. The molecule has 0 aromatic carbocycles. The van der Waals surface area contributed by atoms with E-state index < -0.39 is 4.92 Å². The number of nitro groups is 1. The van der Waals surface area contributed by atoms with Crippen LogP contribution in [0.4, 0.5) is 11.5 Å². The number of anilines is 1. The Hall–Kier alpha value is -1.69. The third-order valence-corrected chi connectivity index (χ3v) is 3.74. The topological polar surface area (TPSA) is 71.3 Å². The molecule has 0 bridgehead atoms. The zero-order valence-electron chi connectivity index (χ0n) is 13.0. The van der Waals surface area contributed by atoms with Crippen molar-refractivity contribution in [1.82, 2.24) is 10.3 Å². The molecular weight excluding hydrogens is 268 g/mol. The molecule has 1 N–H and O–H groups in total. The fourth-order valence-electron chi connectivity index (χ4n) is 2.85. The second-order valence-corrected chi connectivity index (χ2v) is 6.18. The van der Waals surface area contributed by atoms with E-state index in [9.17, 15) is 10.1 Å². The molecule has 1 saturated heterocycles. The molecule has 6 heteroatoms. The average Bonchev–Trinajstić information content (AvgIpc) is 2.90. The predicted octanol–water partition coefficient (Wildman–Crippen LogP) is 2.51. The fraction of sp³-hybridized carbons (Fsp3) is 0.667. The highest BCUT2D eigenvalue weighted by Gasteiger charge is 2.21. The Bertz CT molecular complexity index is 498. The molecule has 1 fully saturated rings. The van der Waals surface area contributed by atoms with Crippen LogP contribution < -0.4 is 10.2 Å². The van der Waals surface area contributed by atoms with Gasteiger partial charge < -0.3 is 10.2 Å². The number of hydrogen-bond donors (Lipinski definition) is 1. The van der Waals surface area contributed by atoms with Crippen LogP contribution in [-0.4, -0.2) is 35.6 Å². The quantitative estimate of drug-likeness (QED) is 0.644. The van der Waals surface area contributed by atoms with E-state index in [1.54, 1.807) is 6.07 Å². The molecule has 1 aliphatic heterocycles. The maximum Gasteiger partial charge on any atom is 0.287 e. The van der Waals surface area contributed by atoms with Gasteiger partial charge in [-0.05, 0) is 37.8 Å². The number of aromatic nitrogens is 1. The second-order valence-electron chi connectivity index (χ2n) is 6.18. The average molecular weight is 292 g/mol. The molecule has 1 aliphatic rings. The molecule has 1 aromatic heterocycles. The lowest BCUT2D eigenvalue weighted by Gasteiger charge is -2.29. The summed E-state index contributed by atoms with van der Waals surface area (Å²) in [5, 5.41) is 14.3. The van der Waals surface area contributed by atoms with Gasteiger partial charge in [0.1, 0.15) is 12.0 Å². The van der Waals surface area contributed by atoms with E-state index >= 15 is 0 Å². The van der Waals surface area contributed by atoms with Crippen LogP contribution in [0.3, 0.4) is 0 Å². The summed E-state index contributed by atoms with van der Waals surface area (Å²) in [6.07, 6.45) is 3.76. The second kappa shape index (κ2) is 6.85. The van der Waals surface area contributed by atoms with Crippen LogP contribution in [0.2, 0.25) is 0 Å². The molecule has 1 atom stereocenters. The van der Waals surface area contributed by atoms with Crippen molar-refractivity contribution in [3.05, 3.63) is 27.9 Å². The summed E-state index contributed by atoms with van der Waals surface area (Å²) in [6, 6.07) is 2.10. The van der Waals surface area contributed by atoms with Gasteiger partial charge in [-0.25, -0.2) is 4.98 Å². The first kappa shape index (κ1) is 15.7. The standard InChI is InChI=1S/C15H24N4O2/c1-11(2)9-18(10-13-5-4-6-16-13)15-12(3)7-14(8-17-15)19(20)21/h7-8,11,13,16H,4-6,9-10H2,1-3H3. The van der Waals surface area contributed by atoms with Crippen molar-refractivity contribution in [3.63, 3.8) is 0 Å². The number of pyridine rings is 1. The van der Waals surface area contributed by atoms with Crippen LogP contribution in [0.15, 0.2) is 12.3 Å². The van der Waals surface area contributed by atoms with Gasteiger partial charge in [0.05, 0.1) is 4.92 Å². The smallest absolute Gasteiger partial charge is 0.287 e. The summed E-state index contributed by atoms with van der Waals surface area (Å²) in [6.45, 7) is 9.14. The first-order chi connectivity index (χ1) is 9.97. The van der Waals surface area contributed by atoms with Crippen LogP contribution in [-0.2, 0) is 0 Å². The third-order valence-electron chi connectivity index (χ3n) is 3.74. The summed E-state index contributed by atoms with van der Waals surface area (Å²) in [5.41, 5.74) is 0.919. The zero-order chi connectivity index (χ0) is 15.4. The normalized spacial score (nSPS) is 18.2. The molecule has 0 saturated carbocycles.